The highest BCUT2D eigenvalue weighted by Crippen LogP contribution is 2.37. The predicted molar refractivity (Wildman–Crippen MR) is 116 cm³/mol. The van der Waals surface area contributed by atoms with Gasteiger partial charge in [0.25, 0.3) is 0 Å². The fourth-order valence-corrected chi connectivity index (χ4v) is 5.35. The zero-order valence-electron chi connectivity index (χ0n) is 16.6. The monoisotopic (exact) mass is 432 g/mol. The number of aryl methyl sites for hydroxylation is 1. The number of fused-ring (bicyclic) bond motifs is 1. The highest BCUT2D eigenvalue weighted by molar-refractivity contribution is 8.01. The molecule has 2 atom stereocenters. The SMILES string of the molecule is CCc1cccc(NC(=O)C[C@@H](C)S(=O)(=O)c2ccc3c(c2)NC(=O)[C@H](C)S3)c1. The summed E-state index contributed by atoms with van der Waals surface area (Å²) in [4.78, 5) is 25.2. The van der Waals surface area contributed by atoms with Crippen molar-refractivity contribution >= 4 is 44.8 Å². The van der Waals surface area contributed by atoms with Crippen molar-refractivity contribution < 1.29 is 18.0 Å². The molecule has 0 unspecified atom stereocenters. The Balaban J connectivity index is 1.73. The molecular weight excluding hydrogens is 408 g/mol. The highest BCUT2D eigenvalue weighted by atomic mass is 32.2. The van der Waals surface area contributed by atoms with Crippen molar-refractivity contribution in [2.75, 3.05) is 10.6 Å². The fourth-order valence-electron chi connectivity index (χ4n) is 3.05. The van der Waals surface area contributed by atoms with Gasteiger partial charge in [0.1, 0.15) is 0 Å². The third-order valence-electron chi connectivity index (χ3n) is 4.83. The van der Waals surface area contributed by atoms with E-state index in [0.29, 0.717) is 11.4 Å². The van der Waals surface area contributed by atoms with Crippen molar-refractivity contribution in [3.05, 3.63) is 48.0 Å². The van der Waals surface area contributed by atoms with Crippen molar-refractivity contribution in [1.82, 2.24) is 0 Å². The molecule has 1 aliphatic rings. The van der Waals surface area contributed by atoms with Crippen molar-refractivity contribution in [1.29, 1.82) is 0 Å². The molecule has 6 nitrogen and oxygen atoms in total. The molecule has 1 aliphatic heterocycles. The van der Waals surface area contributed by atoms with E-state index in [4.69, 9.17) is 0 Å². The Morgan fingerprint density at radius 1 is 1.24 bits per heavy atom. The van der Waals surface area contributed by atoms with Crippen LogP contribution in [0, 0.1) is 0 Å². The molecule has 0 saturated carbocycles. The molecule has 2 aromatic carbocycles. The molecule has 8 heteroatoms. The maximum atomic E-state index is 13.0. The molecule has 0 aliphatic carbocycles. The average Bonchev–Trinajstić information content (AvgIpc) is 2.68. The second-order valence-electron chi connectivity index (χ2n) is 7.07. The zero-order valence-corrected chi connectivity index (χ0v) is 18.2. The largest absolute Gasteiger partial charge is 0.326 e. The van der Waals surface area contributed by atoms with Gasteiger partial charge in [-0.15, -0.1) is 11.8 Å². The van der Waals surface area contributed by atoms with Crippen LogP contribution in [0.5, 0.6) is 0 Å². The van der Waals surface area contributed by atoms with Crippen molar-refractivity contribution in [2.24, 2.45) is 0 Å². The fraction of sp³-hybridized carbons (Fsp3) is 0.333. The summed E-state index contributed by atoms with van der Waals surface area (Å²) < 4.78 is 25.9. The summed E-state index contributed by atoms with van der Waals surface area (Å²) in [6.07, 6.45) is 0.689. The lowest BCUT2D eigenvalue weighted by Crippen LogP contribution is -2.27. The first-order valence-corrected chi connectivity index (χ1v) is 11.9. The van der Waals surface area contributed by atoms with Crippen LogP contribution in [0.2, 0.25) is 0 Å². The molecule has 29 heavy (non-hydrogen) atoms. The van der Waals surface area contributed by atoms with Crippen LogP contribution in [0.25, 0.3) is 0 Å². The molecule has 0 radical (unpaired) electrons. The second kappa shape index (κ2) is 8.59. The van der Waals surface area contributed by atoms with Crippen LogP contribution in [0.3, 0.4) is 0 Å². The smallest absolute Gasteiger partial charge is 0.237 e. The van der Waals surface area contributed by atoms with E-state index < -0.39 is 15.1 Å². The van der Waals surface area contributed by atoms with E-state index in [1.165, 1.54) is 30.8 Å². The number of amides is 2. The molecule has 0 bridgehead atoms. The molecule has 0 saturated heterocycles. The maximum Gasteiger partial charge on any atom is 0.237 e. The minimum Gasteiger partial charge on any atom is -0.326 e. The minimum absolute atomic E-state index is 0.0972. The first-order valence-electron chi connectivity index (χ1n) is 9.45. The van der Waals surface area contributed by atoms with Gasteiger partial charge in [-0.3, -0.25) is 9.59 Å². The number of thioether (sulfide) groups is 1. The van der Waals surface area contributed by atoms with E-state index in [-0.39, 0.29) is 28.4 Å². The quantitative estimate of drug-likeness (QED) is 0.723. The Morgan fingerprint density at radius 2 is 2.00 bits per heavy atom. The number of nitrogens with one attached hydrogen (secondary N) is 2. The van der Waals surface area contributed by atoms with Gasteiger partial charge in [-0.25, -0.2) is 8.42 Å². The van der Waals surface area contributed by atoms with E-state index in [9.17, 15) is 18.0 Å². The van der Waals surface area contributed by atoms with Crippen LogP contribution in [-0.4, -0.2) is 30.7 Å². The first kappa shape index (κ1) is 21.4. The van der Waals surface area contributed by atoms with Gasteiger partial charge < -0.3 is 10.6 Å². The number of anilines is 2. The lowest BCUT2D eigenvalue weighted by Gasteiger charge is -2.22. The summed E-state index contributed by atoms with van der Waals surface area (Å²) >= 11 is 1.39. The number of hydrogen-bond donors (Lipinski definition) is 2. The van der Waals surface area contributed by atoms with E-state index in [0.717, 1.165) is 16.9 Å². The third-order valence-corrected chi connectivity index (χ3v) is 8.15. The van der Waals surface area contributed by atoms with E-state index in [2.05, 4.69) is 10.6 Å². The summed E-state index contributed by atoms with van der Waals surface area (Å²) in [6, 6.07) is 12.2. The topological polar surface area (TPSA) is 92.3 Å². The minimum atomic E-state index is -3.73. The molecule has 3 rings (SSSR count). The van der Waals surface area contributed by atoms with Gasteiger partial charge >= 0.3 is 0 Å². The van der Waals surface area contributed by atoms with Gasteiger partial charge in [0.15, 0.2) is 9.84 Å². The van der Waals surface area contributed by atoms with Gasteiger partial charge in [-0.2, -0.15) is 0 Å². The normalized spacial score (nSPS) is 17.2. The van der Waals surface area contributed by atoms with Gasteiger partial charge in [0.05, 0.1) is 21.1 Å². The van der Waals surface area contributed by atoms with Crippen LogP contribution in [0.4, 0.5) is 11.4 Å². The Bertz CT molecular complexity index is 1050. The lowest BCUT2D eigenvalue weighted by molar-refractivity contribution is -0.116. The number of carbonyl (C=O) groups is 2. The van der Waals surface area contributed by atoms with E-state index in [1.54, 1.807) is 19.1 Å². The molecule has 2 amide bonds. The van der Waals surface area contributed by atoms with Crippen LogP contribution >= 0.6 is 11.8 Å². The Morgan fingerprint density at radius 3 is 2.72 bits per heavy atom. The predicted octanol–water partition coefficient (Wildman–Crippen LogP) is 3.87. The Kier molecular flexibility index (Phi) is 6.33. The third kappa shape index (κ3) is 4.82. The number of benzene rings is 2. The van der Waals surface area contributed by atoms with Gasteiger partial charge in [-0.1, -0.05) is 19.1 Å². The lowest BCUT2D eigenvalue weighted by atomic mass is 10.1. The van der Waals surface area contributed by atoms with Crippen LogP contribution in [0.15, 0.2) is 52.3 Å². The Labute approximate surface area is 175 Å². The number of hydrogen-bond acceptors (Lipinski definition) is 5. The number of carbonyl (C=O) groups excluding carboxylic acids is 2. The average molecular weight is 433 g/mol. The van der Waals surface area contributed by atoms with E-state index in [1.807, 2.05) is 25.1 Å². The summed E-state index contributed by atoms with van der Waals surface area (Å²) in [6.45, 7) is 5.34. The summed E-state index contributed by atoms with van der Waals surface area (Å²) in [7, 11) is -3.73. The molecule has 0 aromatic heterocycles. The highest BCUT2D eigenvalue weighted by Gasteiger charge is 2.29. The second-order valence-corrected chi connectivity index (χ2v) is 10.8. The first-order chi connectivity index (χ1) is 13.7. The summed E-state index contributed by atoms with van der Waals surface area (Å²) in [5.41, 5.74) is 2.24. The molecule has 1 heterocycles. The van der Waals surface area contributed by atoms with Crippen molar-refractivity contribution in [3.8, 4) is 0 Å². The van der Waals surface area contributed by atoms with Gasteiger partial charge in [0, 0.05) is 17.0 Å². The van der Waals surface area contributed by atoms with Gasteiger partial charge in [0.2, 0.25) is 11.8 Å². The zero-order chi connectivity index (χ0) is 21.2. The summed E-state index contributed by atoms with van der Waals surface area (Å²) in [5, 5.41) is 4.38. The Hall–Kier alpha value is -2.32. The van der Waals surface area contributed by atoms with Crippen LogP contribution in [-0.2, 0) is 25.8 Å². The van der Waals surface area contributed by atoms with Crippen molar-refractivity contribution in [2.45, 2.75) is 53.9 Å². The van der Waals surface area contributed by atoms with Crippen molar-refractivity contribution in [3.63, 3.8) is 0 Å². The standard InChI is InChI=1S/C21H24N2O4S2/c1-4-15-6-5-7-16(11-15)22-20(24)10-13(2)29(26,27)17-8-9-19-18(12-17)23-21(25)14(3)28-19/h5-9,11-14H,4,10H2,1-3H3,(H,22,24)(H,23,25)/t13-,14+/m1/s1. The molecule has 0 fully saturated rings. The molecule has 2 aromatic rings. The maximum absolute atomic E-state index is 13.0. The number of sulfone groups is 1. The van der Waals surface area contributed by atoms with Gasteiger partial charge in [-0.05, 0) is 56.2 Å². The molecule has 154 valence electrons. The molecular formula is C21H24N2O4S2. The summed E-state index contributed by atoms with van der Waals surface area (Å²) in [5.74, 6) is -0.510. The molecule has 2 N–H and O–H groups in total. The van der Waals surface area contributed by atoms with Crippen LogP contribution in [0.1, 0.15) is 32.8 Å². The van der Waals surface area contributed by atoms with E-state index >= 15 is 0 Å². The molecule has 0 spiro atoms. The number of rotatable bonds is 6. The van der Waals surface area contributed by atoms with Crippen LogP contribution < -0.4 is 10.6 Å².